The van der Waals surface area contributed by atoms with E-state index in [2.05, 4.69) is 21.7 Å². The summed E-state index contributed by atoms with van der Waals surface area (Å²) in [5.74, 6) is -0.281. The molecular formula is C19H26ClFN4. The number of nitrogens with two attached hydrogens (primary N) is 1. The summed E-state index contributed by atoms with van der Waals surface area (Å²) in [6.07, 6.45) is 7.36. The van der Waals surface area contributed by atoms with Crippen molar-refractivity contribution in [3.63, 3.8) is 0 Å². The quantitative estimate of drug-likeness (QED) is 0.504. The number of rotatable bonds is 7. The van der Waals surface area contributed by atoms with Gasteiger partial charge in [0.25, 0.3) is 0 Å². The predicted octanol–water partition coefficient (Wildman–Crippen LogP) is 4.07. The van der Waals surface area contributed by atoms with Gasteiger partial charge in [-0.1, -0.05) is 18.7 Å². The molecule has 136 valence electrons. The Labute approximate surface area is 154 Å². The van der Waals surface area contributed by atoms with Crippen molar-refractivity contribution in [2.45, 2.75) is 44.7 Å². The predicted molar refractivity (Wildman–Crippen MR) is 105 cm³/mol. The number of aryl methyl sites for hydroxylation is 1. The van der Waals surface area contributed by atoms with Crippen LogP contribution in [0.3, 0.4) is 0 Å². The summed E-state index contributed by atoms with van der Waals surface area (Å²) < 4.78 is 17.6. The molecule has 4 nitrogen and oxygen atoms in total. The molecule has 0 spiro atoms. The third-order valence-electron chi connectivity index (χ3n) is 4.56. The van der Waals surface area contributed by atoms with Gasteiger partial charge in [0.1, 0.15) is 5.82 Å². The summed E-state index contributed by atoms with van der Waals surface area (Å²) in [6, 6.07) is 5.64. The molecule has 0 aliphatic heterocycles. The molecule has 0 amide bonds. The van der Waals surface area contributed by atoms with E-state index in [1.807, 2.05) is 13.0 Å². The Balaban J connectivity index is 2.12. The van der Waals surface area contributed by atoms with E-state index in [0.29, 0.717) is 24.3 Å². The number of hydrogen-bond acceptors (Lipinski definition) is 4. The molecule has 1 aliphatic rings. The molecule has 1 aliphatic carbocycles. The van der Waals surface area contributed by atoms with E-state index < -0.39 is 0 Å². The fourth-order valence-corrected chi connectivity index (χ4v) is 3.19. The normalized spacial score (nSPS) is 21.8. The van der Waals surface area contributed by atoms with Crippen molar-refractivity contribution in [1.82, 2.24) is 5.32 Å². The van der Waals surface area contributed by atoms with Gasteiger partial charge in [-0.3, -0.25) is 0 Å². The van der Waals surface area contributed by atoms with E-state index in [1.54, 1.807) is 18.4 Å². The van der Waals surface area contributed by atoms with Gasteiger partial charge in [-0.25, -0.2) is 4.39 Å². The summed E-state index contributed by atoms with van der Waals surface area (Å²) >= 11 is 5.56. The maximum atomic E-state index is 14.0. The van der Waals surface area contributed by atoms with Crippen LogP contribution in [0.15, 0.2) is 46.6 Å². The Hall–Kier alpha value is -1.85. The molecule has 0 bridgehead atoms. The first-order chi connectivity index (χ1) is 12.0. The van der Waals surface area contributed by atoms with Crippen LogP contribution < -0.4 is 16.4 Å². The molecule has 1 aromatic carbocycles. The summed E-state index contributed by atoms with van der Waals surface area (Å²) in [5.41, 5.74) is 8.96. The van der Waals surface area contributed by atoms with Gasteiger partial charge in [0.15, 0.2) is 0 Å². The van der Waals surface area contributed by atoms with Crippen LogP contribution in [0.25, 0.3) is 0 Å². The zero-order valence-electron chi connectivity index (χ0n) is 14.6. The Bertz CT molecular complexity index is 629. The Morgan fingerprint density at radius 2 is 2.12 bits per heavy atom. The summed E-state index contributed by atoms with van der Waals surface area (Å²) in [6.45, 7) is 6.13. The third-order valence-corrected chi connectivity index (χ3v) is 4.66. The second kappa shape index (κ2) is 9.59. The van der Waals surface area contributed by atoms with E-state index in [4.69, 9.17) is 17.5 Å². The zero-order valence-corrected chi connectivity index (χ0v) is 15.3. The molecule has 0 unspecified atom stereocenters. The number of allylic oxidation sites excluding steroid dienone is 1. The topological polar surface area (TPSA) is 62.4 Å². The first kappa shape index (κ1) is 19.5. The van der Waals surface area contributed by atoms with Gasteiger partial charge in [-0.15, -0.1) is 0 Å². The number of benzene rings is 1. The summed E-state index contributed by atoms with van der Waals surface area (Å²) in [7, 11) is 0. The molecule has 0 saturated heterocycles. The van der Waals surface area contributed by atoms with Gasteiger partial charge in [0.05, 0.1) is 5.69 Å². The number of nitrogens with zero attached hydrogens (tertiary/aromatic N) is 1. The molecule has 6 heteroatoms. The highest BCUT2D eigenvalue weighted by molar-refractivity contribution is 6.18. The molecule has 0 heterocycles. The highest BCUT2D eigenvalue weighted by atomic mass is 35.5. The van der Waals surface area contributed by atoms with Gasteiger partial charge in [0, 0.05) is 47.9 Å². The minimum atomic E-state index is -0.281. The SMILES string of the molecule is C=C/C(NC1CCC(N)CC1)=C(\C=N/Cl)CNc1c(C)cccc1F. The van der Waals surface area contributed by atoms with Crippen molar-refractivity contribution < 1.29 is 4.39 Å². The van der Waals surface area contributed by atoms with Crippen molar-refractivity contribution in [2.75, 3.05) is 11.9 Å². The second-order valence-corrected chi connectivity index (χ2v) is 6.61. The van der Waals surface area contributed by atoms with E-state index in [-0.39, 0.29) is 5.82 Å². The average Bonchev–Trinajstić information content (AvgIpc) is 2.60. The van der Waals surface area contributed by atoms with Gasteiger partial charge in [0.2, 0.25) is 0 Å². The maximum absolute atomic E-state index is 14.0. The lowest BCUT2D eigenvalue weighted by molar-refractivity contribution is 0.362. The van der Waals surface area contributed by atoms with Crippen molar-refractivity contribution in [3.05, 3.63) is 53.5 Å². The van der Waals surface area contributed by atoms with Crippen molar-refractivity contribution >= 4 is 23.7 Å². The van der Waals surface area contributed by atoms with Crippen LogP contribution in [0.2, 0.25) is 0 Å². The standard InChI is InChI=1S/C19H26ClFN4/c1-3-18(25-16-9-7-15(22)8-10-16)14(12-24-20)11-23-19-13(2)5-4-6-17(19)21/h3-6,12,15-16,23,25H,1,7-11,22H2,2H3/b18-14+,24-12-. The van der Waals surface area contributed by atoms with Crippen LogP contribution in [0.4, 0.5) is 10.1 Å². The third kappa shape index (κ3) is 5.58. The lowest BCUT2D eigenvalue weighted by Gasteiger charge is -2.28. The van der Waals surface area contributed by atoms with Gasteiger partial charge in [-0.05, 0) is 50.3 Å². The average molecular weight is 365 g/mol. The maximum Gasteiger partial charge on any atom is 0.146 e. The first-order valence-corrected chi connectivity index (χ1v) is 8.90. The van der Waals surface area contributed by atoms with Crippen LogP contribution in [-0.2, 0) is 0 Å². The molecule has 0 atom stereocenters. The van der Waals surface area contributed by atoms with Crippen LogP contribution in [0, 0.1) is 12.7 Å². The minimum absolute atomic E-state index is 0.281. The van der Waals surface area contributed by atoms with Crippen molar-refractivity contribution in [1.29, 1.82) is 0 Å². The van der Waals surface area contributed by atoms with Crippen molar-refractivity contribution in [2.24, 2.45) is 10.2 Å². The van der Waals surface area contributed by atoms with Crippen molar-refractivity contribution in [3.8, 4) is 0 Å². The summed E-state index contributed by atoms with van der Waals surface area (Å²) in [5, 5.41) is 6.63. The van der Waals surface area contributed by atoms with Gasteiger partial charge in [-0.2, -0.15) is 4.51 Å². The summed E-state index contributed by atoms with van der Waals surface area (Å²) in [4.78, 5) is 0. The van der Waals surface area contributed by atoms with Crippen LogP contribution >= 0.6 is 11.8 Å². The van der Waals surface area contributed by atoms with Gasteiger partial charge < -0.3 is 16.4 Å². The molecule has 1 aromatic rings. The Morgan fingerprint density at radius 1 is 1.40 bits per heavy atom. The number of halogens is 2. The smallest absolute Gasteiger partial charge is 0.146 e. The largest absolute Gasteiger partial charge is 0.382 e. The van der Waals surface area contributed by atoms with E-state index in [1.165, 1.54) is 6.07 Å². The molecule has 1 saturated carbocycles. The number of anilines is 1. The van der Waals surface area contributed by atoms with Crippen LogP contribution in [-0.4, -0.2) is 24.8 Å². The van der Waals surface area contributed by atoms with E-state index >= 15 is 0 Å². The van der Waals surface area contributed by atoms with Gasteiger partial charge >= 0.3 is 0 Å². The molecular weight excluding hydrogens is 339 g/mol. The number of nitrogens with one attached hydrogen (secondary N) is 2. The molecule has 1 fully saturated rings. The van der Waals surface area contributed by atoms with E-state index in [9.17, 15) is 4.39 Å². The highest BCUT2D eigenvalue weighted by Crippen LogP contribution is 2.21. The molecule has 0 aromatic heterocycles. The monoisotopic (exact) mass is 364 g/mol. The Morgan fingerprint density at radius 3 is 2.72 bits per heavy atom. The zero-order chi connectivity index (χ0) is 18.2. The fourth-order valence-electron chi connectivity index (χ4n) is 3.07. The Kier molecular flexibility index (Phi) is 7.47. The fraction of sp³-hybridized carbons (Fsp3) is 0.421. The number of hydrogen-bond donors (Lipinski definition) is 3. The lowest BCUT2D eigenvalue weighted by Crippen LogP contribution is -2.37. The first-order valence-electron chi connectivity index (χ1n) is 8.56. The molecule has 2 rings (SSSR count). The minimum Gasteiger partial charge on any atom is -0.382 e. The molecule has 0 radical (unpaired) electrons. The van der Waals surface area contributed by atoms with Crippen LogP contribution in [0.5, 0.6) is 0 Å². The molecule has 4 N–H and O–H groups in total. The molecule has 25 heavy (non-hydrogen) atoms. The van der Waals surface area contributed by atoms with Crippen LogP contribution in [0.1, 0.15) is 31.2 Å². The lowest BCUT2D eigenvalue weighted by atomic mass is 9.91. The van der Waals surface area contributed by atoms with E-state index in [0.717, 1.165) is 42.5 Å². The highest BCUT2D eigenvalue weighted by Gasteiger charge is 2.19. The second-order valence-electron chi connectivity index (χ2n) is 6.41. The number of para-hydroxylation sites is 1.